The molecular formula is C24H28ClN3O6S. The van der Waals surface area contributed by atoms with Crippen LogP contribution in [0.2, 0.25) is 5.02 Å². The summed E-state index contributed by atoms with van der Waals surface area (Å²) >= 11 is 8.49. The van der Waals surface area contributed by atoms with E-state index >= 15 is 0 Å². The maximum Gasteiger partial charge on any atom is 0.420 e. The topological polar surface area (TPSA) is 100.0 Å². The molecule has 3 heterocycles. The van der Waals surface area contributed by atoms with Crippen molar-refractivity contribution in [2.75, 3.05) is 19.6 Å². The minimum atomic E-state index is -1.28. The van der Waals surface area contributed by atoms with Gasteiger partial charge >= 0.3 is 6.09 Å². The van der Waals surface area contributed by atoms with Crippen LogP contribution in [0, 0.1) is 6.92 Å². The van der Waals surface area contributed by atoms with Crippen LogP contribution >= 0.6 is 23.4 Å². The van der Waals surface area contributed by atoms with Crippen LogP contribution in [-0.2, 0) is 14.3 Å². The number of hydrogen-bond donors (Lipinski definition) is 0. The van der Waals surface area contributed by atoms with Crippen LogP contribution in [0.25, 0.3) is 0 Å². The summed E-state index contributed by atoms with van der Waals surface area (Å²) in [6.45, 7) is 8.29. The lowest BCUT2D eigenvalue weighted by Gasteiger charge is -2.27. The summed E-state index contributed by atoms with van der Waals surface area (Å²) in [4.78, 5) is 40.3. The van der Waals surface area contributed by atoms with Crippen molar-refractivity contribution >= 4 is 41.1 Å². The molecule has 2 aliphatic heterocycles. The number of aryl methyl sites for hydroxylation is 1. The molecule has 35 heavy (non-hydrogen) atoms. The molecule has 11 heteroatoms. The zero-order valence-electron chi connectivity index (χ0n) is 20.5. The molecule has 1 saturated heterocycles. The Morgan fingerprint density at radius 1 is 1.34 bits per heavy atom. The maximum absolute atomic E-state index is 13.7. The summed E-state index contributed by atoms with van der Waals surface area (Å²) in [7, 11) is 1.63. The second-order valence-electron chi connectivity index (χ2n) is 9.28. The van der Waals surface area contributed by atoms with E-state index in [1.807, 2.05) is 20.8 Å². The summed E-state index contributed by atoms with van der Waals surface area (Å²) in [5.41, 5.74) is 0.975. The molecule has 0 aliphatic carbocycles. The molecule has 2 aromatic rings. The first kappa shape index (κ1) is 25.5. The third kappa shape index (κ3) is 4.43. The number of rotatable bonds is 7. The predicted octanol–water partition coefficient (Wildman–Crippen LogP) is 4.93. The fourth-order valence-corrected chi connectivity index (χ4v) is 5.84. The van der Waals surface area contributed by atoms with Crippen LogP contribution in [0.4, 0.5) is 4.79 Å². The Balaban J connectivity index is 1.71. The van der Waals surface area contributed by atoms with Crippen LogP contribution in [0.3, 0.4) is 0 Å². The maximum atomic E-state index is 13.7. The van der Waals surface area contributed by atoms with E-state index in [0.717, 1.165) is 33.1 Å². The van der Waals surface area contributed by atoms with Gasteiger partial charge in [-0.3, -0.25) is 9.59 Å². The summed E-state index contributed by atoms with van der Waals surface area (Å²) in [6, 6.07) is 1.62. The van der Waals surface area contributed by atoms with E-state index in [1.54, 1.807) is 24.9 Å². The molecule has 4 rings (SSSR count). The van der Waals surface area contributed by atoms with E-state index in [9.17, 15) is 14.4 Å². The third-order valence-electron chi connectivity index (χ3n) is 6.05. The van der Waals surface area contributed by atoms with Crippen molar-refractivity contribution in [2.24, 2.45) is 0 Å². The number of fused-ring (bicyclic) bond motifs is 1. The van der Waals surface area contributed by atoms with Crippen molar-refractivity contribution in [3.8, 4) is 5.88 Å². The third-order valence-corrected chi connectivity index (χ3v) is 7.73. The number of cyclic esters (lactones) is 1. The molecule has 188 valence electrons. The van der Waals surface area contributed by atoms with E-state index in [2.05, 4.69) is 5.10 Å². The monoisotopic (exact) mass is 521 g/mol. The Hall–Kier alpha value is -2.56. The summed E-state index contributed by atoms with van der Waals surface area (Å²) in [6.07, 6.45) is 1.20. The van der Waals surface area contributed by atoms with Gasteiger partial charge in [0.1, 0.15) is 5.56 Å². The largest absolute Gasteiger partial charge is 0.455 e. The van der Waals surface area contributed by atoms with E-state index in [0.29, 0.717) is 10.6 Å². The fraction of sp³-hybridized carbons (Fsp3) is 0.500. The number of amides is 2. The predicted molar refractivity (Wildman–Crippen MR) is 130 cm³/mol. The number of benzene rings is 1. The number of thioether (sulfide) groups is 1. The Morgan fingerprint density at radius 2 is 2.06 bits per heavy atom. The minimum Gasteiger partial charge on any atom is -0.455 e. The lowest BCUT2D eigenvalue weighted by Crippen LogP contribution is -2.38. The van der Waals surface area contributed by atoms with Crippen molar-refractivity contribution in [2.45, 2.75) is 63.7 Å². The zero-order chi connectivity index (χ0) is 25.7. The van der Waals surface area contributed by atoms with Gasteiger partial charge in [0.25, 0.3) is 5.91 Å². The molecule has 0 N–H and O–H groups in total. The first-order chi connectivity index (χ1) is 16.5. The first-order valence-electron chi connectivity index (χ1n) is 11.3. The molecule has 1 aromatic heterocycles. The van der Waals surface area contributed by atoms with Crippen LogP contribution in [0.5, 0.6) is 5.88 Å². The van der Waals surface area contributed by atoms with E-state index in [4.69, 9.17) is 25.8 Å². The van der Waals surface area contributed by atoms with Crippen molar-refractivity contribution in [1.82, 2.24) is 14.7 Å². The molecule has 0 radical (unpaired) electrons. The molecular weight excluding hydrogens is 494 g/mol. The highest BCUT2D eigenvalue weighted by molar-refractivity contribution is 7.99. The van der Waals surface area contributed by atoms with Gasteiger partial charge in [0.05, 0.1) is 23.4 Å². The second-order valence-corrected chi connectivity index (χ2v) is 10.8. The van der Waals surface area contributed by atoms with Crippen LogP contribution in [0.15, 0.2) is 17.2 Å². The number of nitrogens with zero attached hydrogens (tertiary/aromatic N) is 3. The van der Waals surface area contributed by atoms with Gasteiger partial charge < -0.3 is 14.2 Å². The summed E-state index contributed by atoms with van der Waals surface area (Å²) < 4.78 is 18.2. The highest BCUT2D eigenvalue weighted by Crippen LogP contribution is 2.45. The lowest BCUT2D eigenvalue weighted by atomic mass is 9.96. The van der Waals surface area contributed by atoms with Gasteiger partial charge in [-0.1, -0.05) is 11.6 Å². The smallest absolute Gasteiger partial charge is 0.420 e. The highest BCUT2D eigenvalue weighted by Gasteiger charge is 2.47. The Bertz CT molecular complexity index is 1210. The van der Waals surface area contributed by atoms with Gasteiger partial charge in [-0.05, 0) is 52.7 Å². The Labute approximate surface area is 213 Å². The zero-order valence-corrected chi connectivity index (χ0v) is 22.1. The average molecular weight is 522 g/mol. The Kier molecular flexibility index (Phi) is 6.91. The number of carbonyl (C=O) groups excluding carboxylic acids is 3. The number of aromatic nitrogens is 2. The molecule has 2 aliphatic rings. The normalized spacial score (nSPS) is 19.2. The van der Waals surface area contributed by atoms with Gasteiger partial charge in [-0.25, -0.2) is 14.4 Å². The molecule has 1 aromatic carbocycles. The van der Waals surface area contributed by atoms with Crippen molar-refractivity contribution in [3.05, 3.63) is 39.5 Å². The van der Waals surface area contributed by atoms with Gasteiger partial charge in [0.15, 0.2) is 12.3 Å². The number of ether oxygens (including phenoxy) is 3. The lowest BCUT2D eigenvalue weighted by molar-refractivity contribution is -0.136. The van der Waals surface area contributed by atoms with E-state index < -0.39 is 24.3 Å². The standard InChI is InChI=1S/C24H28ClN3O6S/c1-12(2)28-21(33-11-27-22(30)24(4,5)34-23(27)31)15(10-26-28)19(29)14-9-13(3)20-17(18(14)25)16(32-6)7-8-35-20/h9-10,12,16H,7-8,11H2,1-6H3. The summed E-state index contributed by atoms with van der Waals surface area (Å²) in [5, 5.41) is 4.67. The minimum absolute atomic E-state index is 0.138. The number of halogens is 1. The molecule has 1 atom stereocenters. The summed E-state index contributed by atoms with van der Waals surface area (Å²) in [5.74, 6) is 0.148. The molecule has 0 saturated carbocycles. The number of hydrogen-bond acceptors (Lipinski definition) is 8. The first-order valence-corrected chi connectivity index (χ1v) is 12.6. The van der Waals surface area contributed by atoms with Gasteiger partial charge in [0, 0.05) is 28.9 Å². The van der Waals surface area contributed by atoms with Gasteiger partial charge in [-0.15, -0.1) is 11.8 Å². The second kappa shape index (κ2) is 9.48. The number of imide groups is 1. The van der Waals surface area contributed by atoms with Crippen LogP contribution < -0.4 is 4.74 Å². The Morgan fingerprint density at radius 3 is 2.66 bits per heavy atom. The van der Waals surface area contributed by atoms with Crippen molar-refractivity contribution < 1.29 is 28.6 Å². The molecule has 0 spiro atoms. The van der Waals surface area contributed by atoms with Gasteiger partial charge in [0.2, 0.25) is 11.7 Å². The van der Waals surface area contributed by atoms with E-state index in [-0.39, 0.29) is 29.4 Å². The van der Waals surface area contributed by atoms with Gasteiger partial charge in [-0.2, -0.15) is 5.10 Å². The van der Waals surface area contributed by atoms with Crippen LogP contribution in [0.1, 0.15) is 73.3 Å². The molecule has 9 nitrogen and oxygen atoms in total. The van der Waals surface area contributed by atoms with E-state index in [1.165, 1.54) is 24.7 Å². The molecule has 1 fully saturated rings. The number of ketones is 1. The quantitative estimate of drug-likeness (QED) is 0.473. The van der Waals surface area contributed by atoms with Crippen molar-refractivity contribution in [3.63, 3.8) is 0 Å². The average Bonchev–Trinajstić information content (AvgIpc) is 3.31. The highest BCUT2D eigenvalue weighted by atomic mass is 35.5. The molecule has 1 unspecified atom stereocenters. The SMILES string of the molecule is COC1CCSc2c(C)cc(C(=O)c3cnn(C(C)C)c3OCN3C(=O)OC(C)(C)C3=O)c(Cl)c21. The van der Waals surface area contributed by atoms with Crippen molar-refractivity contribution in [1.29, 1.82) is 0 Å². The molecule has 0 bridgehead atoms. The fourth-order valence-electron chi connectivity index (χ4n) is 4.22. The number of methoxy groups -OCH3 is 1. The van der Waals surface area contributed by atoms with Crippen LogP contribution in [-0.4, -0.2) is 57.7 Å². The number of carbonyl (C=O) groups is 3. The molecule has 2 amide bonds.